The summed E-state index contributed by atoms with van der Waals surface area (Å²) in [7, 11) is 1.81. The summed E-state index contributed by atoms with van der Waals surface area (Å²) in [6.07, 6.45) is 0. The minimum atomic E-state index is -0.204. The van der Waals surface area contributed by atoms with E-state index in [9.17, 15) is 4.39 Å². The molecule has 1 fully saturated rings. The number of aliphatic imine (C=N–C) groups is 1. The molecule has 152 valence electrons. The quantitative estimate of drug-likeness (QED) is 0.632. The van der Waals surface area contributed by atoms with Gasteiger partial charge in [-0.3, -0.25) is 9.89 Å². The largest absolute Gasteiger partial charge is 0.361 e. The predicted octanol–water partition coefficient (Wildman–Crippen LogP) is 2.79. The van der Waals surface area contributed by atoms with E-state index in [1.807, 2.05) is 26.1 Å². The number of aromatic nitrogens is 1. The number of piperazine rings is 1. The zero-order valence-electron chi connectivity index (χ0n) is 17.2. The number of nitrogens with one attached hydrogen (secondary N) is 1. The molecule has 28 heavy (non-hydrogen) atoms. The standard InChI is InChI=1S/C21H30FN5O/c1-16-12-19(25-28-16)14-26-8-10-27(11-9-26)20(23-4)24-15-21(2,3)17-6-5-7-18(22)13-17/h5-7,12-13H,8-11,14-15H2,1-4H3,(H,23,24). The Kier molecular flexibility index (Phi) is 6.34. The lowest BCUT2D eigenvalue weighted by Gasteiger charge is -2.37. The predicted molar refractivity (Wildman–Crippen MR) is 109 cm³/mol. The molecule has 0 aliphatic carbocycles. The lowest BCUT2D eigenvalue weighted by molar-refractivity contribution is 0.168. The fraction of sp³-hybridized carbons (Fsp3) is 0.524. The highest BCUT2D eigenvalue weighted by molar-refractivity contribution is 5.80. The lowest BCUT2D eigenvalue weighted by atomic mass is 9.84. The molecule has 3 rings (SSSR count). The van der Waals surface area contributed by atoms with E-state index >= 15 is 0 Å². The van der Waals surface area contributed by atoms with E-state index in [0.717, 1.165) is 55.7 Å². The highest BCUT2D eigenvalue weighted by Gasteiger charge is 2.24. The second kappa shape index (κ2) is 8.73. The van der Waals surface area contributed by atoms with Crippen LogP contribution in [-0.4, -0.2) is 60.7 Å². The molecule has 1 aliphatic heterocycles. The minimum Gasteiger partial charge on any atom is -0.361 e. The van der Waals surface area contributed by atoms with Gasteiger partial charge < -0.3 is 14.7 Å². The van der Waals surface area contributed by atoms with Crippen LogP contribution in [0.1, 0.15) is 30.9 Å². The van der Waals surface area contributed by atoms with Gasteiger partial charge in [-0.1, -0.05) is 31.1 Å². The summed E-state index contributed by atoms with van der Waals surface area (Å²) in [6, 6.07) is 8.80. The fourth-order valence-electron chi connectivity index (χ4n) is 3.48. The van der Waals surface area contributed by atoms with Gasteiger partial charge in [-0.15, -0.1) is 0 Å². The second-order valence-corrected chi connectivity index (χ2v) is 7.99. The van der Waals surface area contributed by atoms with E-state index in [1.165, 1.54) is 6.07 Å². The third-order valence-electron chi connectivity index (χ3n) is 5.24. The topological polar surface area (TPSA) is 56.9 Å². The van der Waals surface area contributed by atoms with Gasteiger partial charge in [-0.05, 0) is 24.6 Å². The number of rotatable bonds is 5. The number of benzene rings is 1. The van der Waals surface area contributed by atoms with Crippen LogP contribution in [-0.2, 0) is 12.0 Å². The molecule has 1 saturated heterocycles. The first-order valence-corrected chi connectivity index (χ1v) is 9.73. The van der Waals surface area contributed by atoms with Crippen molar-refractivity contribution in [1.29, 1.82) is 0 Å². The van der Waals surface area contributed by atoms with Crippen molar-refractivity contribution in [2.24, 2.45) is 4.99 Å². The Morgan fingerprint density at radius 1 is 1.25 bits per heavy atom. The van der Waals surface area contributed by atoms with Crippen LogP contribution in [0.2, 0.25) is 0 Å². The van der Waals surface area contributed by atoms with Crippen molar-refractivity contribution >= 4 is 5.96 Å². The van der Waals surface area contributed by atoms with Crippen molar-refractivity contribution in [2.45, 2.75) is 32.7 Å². The summed E-state index contributed by atoms with van der Waals surface area (Å²) in [6.45, 7) is 11.3. The summed E-state index contributed by atoms with van der Waals surface area (Å²) >= 11 is 0. The Morgan fingerprint density at radius 3 is 2.61 bits per heavy atom. The number of guanidine groups is 1. The number of halogens is 1. The molecule has 1 aliphatic rings. The molecule has 2 aromatic rings. The molecule has 0 radical (unpaired) electrons. The van der Waals surface area contributed by atoms with Crippen molar-refractivity contribution in [3.8, 4) is 0 Å². The normalized spacial score (nSPS) is 16.5. The third kappa shape index (κ3) is 5.10. The summed E-state index contributed by atoms with van der Waals surface area (Å²) in [5.74, 6) is 1.54. The number of aryl methyl sites for hydroxylation is 1. The number of hydrogen-bond acceptors (Lipinski definition) is 4. The maximum absolute atomic E-state index is 13.6. The van der Waals surface area contributed by atoms with Gasteiger partial charge in [0.1, 0.15) is 11.6 Å². The molecule has 0 saturated carbocycles. The molecule has 0 amide bonds. The van der Waals surface area contributed by atoms with Gasteiger partial charge in [0.15, 0.2) is 5.96 Å². The zero-order chi connectivity index (χ0) is 20.1. The Hall–Kier alpha value is -2.41. The van der Waals surface area contributed by atoms with E-state index in [2.05, 4.69) is 39.1 Å². The number of hydrogen-bond donors (Lipinski definition) is 1. The smallest absolute Gasteiger partial charge is 0.193 e. The van der Waals surface area contributed by atoms with Crippen LogP contribution >= 0.6 is 0 Å². The van der Waals surface area contributed by atoms with Crippen molar-refractivity contribution in [1.82, 2.24) is 20.3 Å². The Bertz CT molecular complexity index is 809. The second-order valence-electron chi connectivity index (χ2n) is 7.99. The van der Waals surface area contributed by atoms with Gasteiger partial charge >= 0.3 is 0 Å². The van der Waals surface area contributed by atoms with E-state index in [4.69, 9.17) is 4.52 Å². The monoisotopic (exact) mass is 387 g/mol. The van der Waals surface area contributed by atoms with Crippen LogP contribution in [0.4, 0.5) is 4.39 Å². The van der Waals surface area contributed by atoms with Gasteiger partial charge in [-0.2, -0.15) is 0 Å². The Labute approximate surface area is 166 Å². The molecule has 0 spiro atoms. The fourth-order valence-corrected chi connectivity index (χ4v) is 3.48. The minimum absolute atomic E-state index is 0.201. The van der Waals surface area contributed by atoms with E-state index < -0.39 is 0 Å². The van der Waals surface area contributed by atoms with Crippen molar-refractivity contribution in [3.63, 3.8) is 0 Å². The molecule has 2 heterocycles. The van der Waals surface area contributed by atoms with E-state index in [-0.39, 0.29) is 11.2 Å². The van der Waals surface area contributed by atoms with Crippen LogP contribution < -0.4 is 5.32 Å². The molecular formula is C21H30FN5O. The lowest BCUT2D eigenvalue weighted by Crippen LogP contribution is -2.53. The van der Waals surface area contributed by atoms with Crippen molar-refractivity contribution < 1.29 is 8.91 Å². The molecule has 1 aromatic carbocycles. The molecule has 0 unspecified atom stereocenters. The molecular weight excluding hydrogens is 357 g/mol. The maximum Gasteiger partial charge on any atom is 0.193 e. The molecule has 7 heteroatoms. The molecule has 6 nitrogen and oxygen atoms in total. The average Bonchev–Trinajstić information content (AvgIpc) is 3.08. The molecule has 0 atom stereocenters. The van der Waals surface area contributed by atoms with Crippen molar-refractivity contribution in [3.05, 3.63) is 53.2 Å². The highest BCUT2D eigenvalue weighted by Crippen LogP contribution is 2.23. The molecule has 1 N–H and O–H groups in total. The summed E-state index contributed by atoms with van der Waals surface area (Å²) in [5, 5.41) is 7.55. The molecule has 1 aromatic heterocycles. The number of nitrogens with zero attached hydrogens (tertiary/aromatic N) is 4. The van der Waals surface area contributed by atoms with Crippen LogP contribution in [0.25, 0.3) is 0 Å². The highest BCUT2D eigenvalue weighted by atomic mass is 19.1. The van der Waals surface area contributed by atoms with E-state index in [0.29, 0.717) is 6.54 Å². The van der Waals surface area contributed by atoms with Gasteiger partial charge in [0, 0.05) is 57.8 Å². The third-order valence-corrected chi connectivity index (χ3v) is 5.24. The average molecular weight is 388 g/mol. The van der Waals surface area contributed by atoms with Crippen LogP contribution in [0.5, 0.6) is 0 Å². The summed E-state index contributed by atoms with van der Waals surface area (Å²) in [5.41, 5.74) is 1.75. The van der Waals surface area contributed by atoms with Gasteiger partial charge in [0.25, 0.3) is 0 Å². The van der Waals surface area contributed by atoms with Crippen LogP contribution in [0.3, 0.4) is 0 Å². The van der Waals surface area contributed by atoms with E-state index in [1.54, 1.807) is 12.1 Å². The van der Waals surface area contributed by atoms with Gasteiger partial charge in [0.2, 0.25) is 0 Å². The zero-order valence-corrected chi connectivity index (χ0v) is 17.2. The summed E-state index contributed by atoms with van der Waals surface area (Å²) < 4.78 is 18.7. The molecule has 0 bridgehead atoms. The first kappa shape index (κ1) is 20.3. The van der Waals surface area contributed by atoms with Gasteiger partial charge in [0.05, 0.1) is 5.69 Å². The van der Waals surface area contributed by atoms with Gasteiger partial charge in [-0.25, -0.2) is 4.39 Å². The maximum atomic E-state index is 13.6. The van der Waals surface area contributed by atoms with Crippen LogP contribution in [0.15, 0.2) is 39.8 Å². The van der Waals surface area contributed by atoms with Crippen LogP contribution in [0, 0.1) is 12.7 Å². The SMILES string of the molecule is CN=C(NCC(C)(C)c1cccc(F)c1)N1CCN(Cc2cc(C)on2)CC1. The Balaban J connectivity index is 1.52. The first-order chi connectivity index (χ1) is 13.4. The Morgan fingerprint density at radius 2 is 2.00 bits per heavy atom. The summed E-state index contributed by atoms with van der Waals surface area (Å²) in [4.78, 5) is 9.09. The first-order valence-electron chi connectivity index (χ1n) is 9.73. The van der Waals surface area contributed by atoms with Crippen molar-refractivity contribution in [2.75, 3.05) is 39.8 Å².